The Morgan fingerprint density at radius 1 is 1.46 bits per heavy atom. The molecule has 11 heteroatoms. The van der Waals surface area contributed by atoms with E-state index in [1.165, 1.54) is 35.6 Å². The van der Waals surface area contributed by atoms with Gasteiger partial charge in [0.1, 0.15) is 18.5 Å². The minimum atomic E-state index is -1.53. The molecule has 3 aromatic rings. The van der Waals surface area contributed by atoms with Crippen LogP contribution < -0.4 is 10.9 Å². The number of ether oxygens (including phenoxy) is 1. The number of halogens is 1. The van der Waals surface area contributed by atoms with Crippen LogP contribution in [0.25, 0.3) is 22.3 Å². The molecule has 2 atom stereocenters. The number of nitrogens with zero attached hydrogens (tertiary/aromatic N) is 2. The van der Waals surface area contributed by atoms with Gasteiger partial charge in [-0.3, -0.25) is 9.59 Å². The molecular weight excluding hydrogens is 477 g/mol. The van der Waals surface area contributed by atoms with Gasteiger partial charge >= 0.3 is 0 Å². The standard InChI is InChI=1S/C24H22FN3O6S/c1-10-14(25)4-15-21-20(16(9-35-23(10)21)26-19(32)7-30)12-5-28-17(22(12)27-15)3-11(18(31)6-29)13(8-34-2)24(28)33/h3-4,6,16,18,30-31H,5,7-9H2,1-2H3,(H,26,32)/t16-,18?/m0/s1. The van der Waals surface area contributed by atoms with Gasteiger partial charge in [0.25, 0.3) is 5.56 Å². The first-order chi connectivity index (χ1) is 16.8. The van der Waals surface area contributed by atoms with Crippen LogP contribution in [0, 0.1) is 12.7 Å². The topological polar surface area (TPSA) is 131 Å². The Hall–Kier alpha value is -3.12. The van der Waals surface area contributed by atoms with Crippen molar-refractivity contribution in [2.45, 2.75) is 37.1 Å². The lowest BCUT2D eigenvalue weighted by molar-refractivity contribution is -0.124. The molecule has 4 heterocycles. The molecule has 9 nitrogen and oxygen atoms in total. The van der Waals surface area contributed by atoms with Gasteiger partial charge in [-0.25, -0.2) is 9.37 Å². The zero-order valence-electron chi connectivity index (χ0n) is 18.9. The maximum absolute atomic E-state index is 14.8. The van der Waals surface area contributed by atoms with Crippen LogP contribution in [-0.2, 0) is 27.5 Å². The number of fused-ring (bicyclic) bond motifs is 4. The van der Waals surface area contributed by atoms with Crippen LogP contribution in [0.3, 0.4) is 0 Å². The summed E-state index contributed by atoms with van der Waals surface area (Å²) >= 11 is 1.40. The Morgan fingerprint density at radius 3 is 2.91 bits per heavy atom. The zero-order valence-corrected chi connectivity index (χ0v) is 19.7. The molecule has 2 aliphatic heterocycles. The van der Waals surface area contributed by atoms with Crippen molar-refractivity contribution in [2.24, 2.45) is 0 Å². The fourth-order valence-corrected chi connectivity index (χ4v) is 6.17. The monoisotopic (exact) mass is 499 g/mol. The van der Waals surface area contributed by atoms with Gasteiger partial charge in [-0.1, -0.05) is 0 Å². The summed E-state index contributed by atoms with van der Waals surface area (Å²) in [7, 11) is 1.41. The van der Waals surface area contributed by atoms with Crippen molar-refractivity contribution in [2.75, 3.05) is 19.5 Å². The predicted molar refractivity (Wildman–Crippen MR) is 126 cm³/mol. The van der Waals surface area contributed by atoms with Crippen LogP contribution in [0.4, 0.5) is 4.39 Å². The number of carbonyl (C=O) groups is 2. The summed E-state index contributed by atoms with van der Waals surface area (Å²) in [5.41, 5.74) is 2.89. The van der Waals surface area contributed by atoms with E-state index in [9.17, 15) is 29.0 Å². The quantitative estimate of drug-likeness (QED) is 0.340. The third-order valence-electron chi connectivity index (χ3n) is 6.51. The molecule has 0 radical (unpaired) electrons. The van der Waals surface area contributed by atoms with Gasteiger partial charge in [0.15, 0.2) is 6.29 Å². The molecule has 0 fully saturated rings. The van der Waals surface area contributed by atoms with Crippen LogP contribution in [-0.4, -0.2) is 51.4 Å². The highest BCUT2D eigenvalue weighted by Crippen LogP contribution is 2.47. The van der Waals surface area contributed by atoms with E-state index in [0.29, 0.717) is 45.5 Å². The van der Waals surface area contributed by atoms with Gasteiger partial charge in [0.05, 0.1) is 36.1 Å². The number of amides is 1. The maximum Gasteiger partial charge on any atom is 0.257 e. The molecule has 1 unspecified atom stereocenters. The number of aliphatic hydroxyl groups is 2. The lowest BCUT2D eigenvalue weighted by Gasteiger charge is -2.29. The summed E-state index contributed by atoms with van der Waals surface area (Å²) in [5, 5.41) is 23.1. The highest BCUT2D eigenvalue weighted by molar-refractivity contribution is 7.99. The molecule has 2 aliphatic rings. The first-order valence-electron chi connectivity index (χ1n) is 10.9. The van der Waals surface area contributed by atoms with E-state index in [-0.39, 0.29) is 24.3 Å². The highest BCUT2D eigenvalue weighted by atomic mass is 32.2. The number of methoxy groups -OCH3 is 1. The number of hydrogen-bond acceptors (Lipinski definition) is 8. The molecule has 1 aromatic carbocycles. The Bertz CT molecular complexity index is 1470. The summed E-state index contributed by atoms with van der Waals surface area (Å²) in [5.74, 6) is -0.564. The van der Waals surface area contributed by atoms with Gasteiger partial charge in [0.2, 0.25) is 5.91 Å². The van der Waals surface area contributed by atoms with E-state index in [1.54, 1.807) is 6.92 Å². The van der Waals surface area contributed by atoms with Crippen molar-refractivity contribution >= 4 is 34.9 Å². The molecule has 1 amide bonds. The van der Waals surface area contributed by atoms with E-state index < -0.39 is 36.0 Å². The number of carbonyl (C=O) groups excluding carboxylic acids is 2. The highest BCUT2D eigenvalue weighted by Gasteiger charge is 2.35. The fourth-order valence-electron chi connectivity index (χ4n) is 4.91. The Morgan fingerprint density at radius 2 is 2.23 bits per heavy atom. The molecule has 0 saturated heterocycles. The van der Waals surface area contributed by atoms with Crippen molar-refractivity contribution in [3.63, 3.8) is 0 Å². The zero-order chi connectivity index (χ0) is 25.0. The lowest BCUT2D eigenvalue weighted by Crippen LogP contribution is -2.34. The van der Waals surface area contributed by atoms with Crippen molar-refractivity contribution in [3.8, 4) is 11.4 Å². The second-order valence-electron chi connectivity index (χ2n) is 8.52. The largest absolute Gasteiger partial charge is 0.387 e. The second-order valence-corrected chi connectivity index (χ2v) is 9.55. The van der Waals surface area contributed by atoms with Crippen molar-refractivity contribution < 1.29 is 28.9 Å². The Balaban J connectivity index is 1.83. The average molecular weight is 500 g/mol. The van der Waals surface area contributed by atoms with Gasteiger partial charge in [-0.05, 0) is 24.1 Å². The number of rotatable bonds is 6. The summed E-state index contributed by atoms with van der Waals surface area (Å²) < 4.78 is 21.4. The number of nitrogens with one attached hydrogen (secondary N) is 1. The summed E-state index contributed by atoms with van der Waals surface area (Å²) in [6, 6.07) is 2.37. The van der Waals surface area contributed by atoms with Crippen LogP contribution in [0.1, 0.15) is 40.0 Å². The average Bonchev–Trinajstić information content (AvgIpc) is 3.22. The molecular formula is C24H22FN3O6S. The summed E-state index contributed by atoms with van der Waals surface area (Å²) in [4.78, 5) is 42.3. The summed E-state index contributed by atoms with van der Waals surface area (Å²) in [6.45, 7) is 1.05. The predicted octanol–water partition coefficient (Wildman–Crippen LogP) is 1.51. The van der Waals surface area contributed by atoms with E-state index in [1.807, 2.05) is 0 Å². The first kappa shape index (κ1) is 23.6. The number of pyridine rings is 2. The van der Waals surface area contributed by atoms with E-state index in [4.69, 9.17) is 9.72 Å². The van der Waals surface area contributed by atoms with Gasteiger partial charge < -0.3 is 29.6 Å². The Labute approximate surface area is 202 Å². The fraction of sp³-hybridized carbons (Fsp3) is 0.333. The minimum Gasteiger partial charge on any atom is -0.387 e. The first-order valence-corrected chi connectivity index (χ1v) is 11.9. The molecule has 182 valence electrons. The summed E-state index contributed by atoms with van der Waals surface area (Å²) in [6.07, 6.45) is -1.19. The second kappa shape index (κ2) is 8.83. The third-order valence-corrected chi connectivity index (χ3v) is 7.81. The number of aliphatic hydroxyl groups excluding tert-OH is 2. The van der Waals surface area contributed by atoms with Crippen LogP contribution in [0.2, 0.25) is 0 Å². The Kier molecular flexibility index (Phi) is 5.96. The SMILES string of the molecule is COCc1c(C(O)C=O)cc2n(c1=O)Cc1c-2nc2cc(F)c(C)c3c2c1[C@@H](NC(=O)CO)CS3. The molecule has 35 heavy (non-hydrogen) atoms. The molecule has 5 rings (SSSR count). The van der Waals surface area contributed by atoms with Crippen LogP contribution >= 0.6 is 11.8 Å². The van der Waals surface area contributed by atoms with Crippen LogP contribution in [0.15, 0.2) is 21.8 Å². The van der Waals surface area contributed by atoms with Crippen molar-refractivity contribution in [1.29, 1.82) is 0 Å². The number of aldehydes is 1. The van der Waals surface area contributed by atoms with Gasteiger partial charge in [0, 0.05) is 45.9 Å². The smallest absolute Gasteiger partial charge is 0.257 e. The third kappa shape index (κ3) is 3.57. The molecule has 0 saturated carbocycles. The molecule has 0 aliphatic carbocycles. The number of benzene rings is 1. The van der Waals surface area contributed by atoms with Gasteiger partial charge in [-0.15, -0.1) is 11.8 Å². The molecule has 0 spiro atoms. The van der Waals surface area contributed by atoms with E-state index in [2.05, 4.69) is 5.32 Å². The van der Waals surface area contributed by atoms with E-state index >= 15 is 0 Å². The number of hydrogen-bond donors (Lipinski definition) is 3. The maximum atomic E-state index is 14.8. The molecule has 3 N–H and O–H groups in total. The number of aromatic nitrogens is 2. The number of thioether (sulfide) groups is 1. The van der Waals surface area contributed by atoms with Crippen molar-refractivity contribution in [1.82, 2.24) is 14.9 Å². The molecule has 2 aromatic heterocycles. The van der Waals surface area contributed by atoms with Gasteiger partial charge in [-0.2, -0.15) is 0 Å². The van der Waals surface area contributed by atoms with Crippen LogP contribution in [0.5, 0.6) is 0 Å². The molecule has 0 bridgehead atoms. The lowest BCUT2D eigenvalue weighted by atomic mass is 9.93. The van der Waals surface area contributed by atoms with Crippen molar-refractivity contribution in [3.05, 3.63) is 56.1 Å². The van der Waals surface area contributed by atoms with E-state index in [0.717, 1.165) is 10.5 Å². The minimum absolute atomic E-state index is 0.0989. The normalized spacial score (nSPS) is 16.7.